The summed E-state index contributed by atoms with van der Waals surface area (Å²) in [7, 11) is -1.94. The molecule has 0 amide bonds. The van der Waals surface area contributed by atoms with E-state index in [0.717, 1.165) is 33.4 Å². The Morgan fingerprint density at radius 3 is 1.58 bits per heavy atom. The second-order valence-corrected chi connectivity index (χ2v) is 11.2. The zero-order valence-electron chi connectivity index (χ0n) is 20.7. The summed E-state index contributed by atoms with van der Waals surface area (Å²) >= 11 is 0. The number of ether oxygens (including phenoxy) is 2. The number of methoxy groups -OCH3 is 2. The highest BCUT2D eigenvalue weighted by atomic mass is 32.2. The van der Waals surface area contributed by atoms with Gasteiger partial charge in [0.25, 0.3) is 0 Å². The van der Waals surface area contributed by atoms with Crippen LogP contribution >= 0.6 is 0 Å². The lowest BCUT2D eigenvalue weighted by atomic mass is 10.2. The van der Waals surface area contributed by atoms with Crippen molar-refractivity contribution in [1.82, 2.24) is 0 Å². The van der Waals surface area contributed by atoms with Crippen LogP contribution in [0.4, 0.5) is 13.2 Å². The zero-order valence-corrected chi connectivity index (χ0v) is 22.4. The Morgan fingerprint density at radius 2 is 1.16 bits per heavy atom. The summed E-state index contributed by atoms with van der Waals surface area (Å²) in [5.41, 5.74) is -0.183. The Kier molecular flexibility index (Phi) is 9.48. The first-order chi connectivity index (χ1) is 18.0. The minimum absolute atomic E-state index is 0.296. The number of benzene rings is 4. The molecule has 200 valence electrons. The maximum atomic E-state index is 12.2. The Hall–Kier alpha value is -3.47. The van der Waals surface area contributed by atoms with Crippen LogP contribution in [0.25, 0.3) is 0 Å². The van der Waals surface area contributed by atoms with Gasteiger partial charge >= 0.3 is 6.18 Å². The van der Waals surface area contributed by atoms with Crippen LogP contribution in [-0.2, 0) is 27.2 Å². The molecule has 0 N–H and O–H groups in total. The molecule has 0 spiro atoms. The molecule has 10 heteroatoms. The Balaban J connectivity index is 0.000000244. The molecule has 0 aromatic heterocycles. The van der Waals surface area contributed by atoms with E-state index in [0.29, 0.717) is 12.1 Å². The van der Waals surface area contributed by atoms with Crippen molar-refractivity contribution in [2.75, 3.05) is 14.2 Å². The summed E-state index contributed by atoms with van der Waals surface area (Å²) in [6.45, 7) is 2.11. The number of hydrogen-bond acceptors (Lipinski definition) is 5. The predicted octanol–water partition coefficient (Wildman–Crippen LogP) is 6.72. The molecule has 0 heterocycles. The third kappa shape index (κ3) is 7.09. The molecule has 0 aliphatic heterocycles. The summed E-state index contributed by atoms with van der Waals surface area (Å²) in [5, 5.41) is 0. The van der Waals surface area contributed by atoms with Crippen molar-refractivity contribution in [2.24, 2.45) is 0 Å². The normalized spacial score (nSPS) is 11.5. The SMILES string of the molecule is COc1ccccc1[S+](c1ccc(C)cc1)c1ccccc1OC.O=S(=O)([O-])c1ccccc1C(F)(F)F. The van der Waals surface area contributed by atoms with E-state index >= 15 is 0 Å². The first-order valence-electron chi connectivity index (χ1n) is 11.2. The van der Waals surface area contributed by atoms with Gasteiger partial charge in [-0.3, -0.25) is 0 Å². The molecular weight excluding hydrogens is 537 g/mol. The van der Waals surface area contributed by atoms with Crippen molar-refractivity contribution in [3.63, 3.8) is 0 Å². The van der Waals surface area contributed by atoms with Gasteiger partial charge in [0.15, 0.2) is 16.4 Å². The van der Waals surface area contributed by atoms with Gasteiger partial charge < -0.3 is 14.0 Å². The minimum atomic E-state index is -5.09. The number of halogens is 3. The van der Waals surface area contributed by atoms with Gasteiger partial charge in [-0.1, -0.05) is 54.1 Å². The van der Waals surface area contributed by atoms with Gasteiger partial charge in [0.1, 0.15) is 21.0 Å². The topological polar surface area (TPSA) is 75.7 Å². The molecule has 0 atom stereocenters. The van der Waals surface area contributed by atoms with E-state index in [-0.39, 0.29) is 10.9 Å². The fourth-order valence-electron chi connectivity index (χ4n) is 3.54. The van der Waals surface area contributed by atoms with E-state index in [1.165, 1.54) is 10.5 Å². The lowest BCUT2D eigenvalue weighted by Crippen LogP contribution is -2.12. The molecule has 38 heavy (non-hydrogen) atoms. The maximum absolute atomic E-state index is 12.2. The molecule has 0 radical (unpaired) electrons. The monoisotopic (exact) mass is 562 g/mol. The van der Waals surface area contributed by atoms with E-state index < -0.39 is 26.8 Å². The molecule has 4 aromatic rings. The second kappa shape index (κ2) is 12.4. The summed E-state index contributed by atoms with van der Waals surface area (Å²) in [6, 6.07) is 28.3. The average Bonchev–Trinajstić information content (AvgIpc) is 2.90. The number of alkyl halides is 3. The van der Waals surface area contributed by atoms with Gasteiger partial charge in [-0.25, -0.2) is 8.42 Å². The first-order valence-corrected chi connectivity index (χ1v) is 13.8. The molecule has 0 unspecified atom stereocenters. The van der Waals surface area contributed by atoms with Crippen molar-refractivity contribution >= 4 is 21.0 Å². The van der Waals surface area contributed by atoms with Crippen LogP contribution in [-0.4, -0.2) is 27.2 Å². The first kappa shape index (κ1) is 29.1. The van der Waals surface area contributed by atoms with E-state index in [2.05, 4.69) is 55.5 Å². The Labute approximate surface area is 223 Å². The fraction of sp³-hybridized carbons (Fsp3) is 0.143. The molecule has 0 aliphatic carbocycles. The standard InChI is InChI=1S/C21H21O2S.C7H5F3O3S/c1-16-12-14-17(15-13-16)24(20-10-6-4-8-18(20)22-2)21-11-7-5-9-19(21)23-3;8-7(9,10)5-3-1-2-4-6(5)14(11,12)13/h4-15H,1-3H3;1-4H,(H,11,12,13)/q+1;/p-1. The second-order valence-electron chi connectivity index (χ2n) is 7.87. The molecule has 0 saturated carbocycles. The third-order valence-electron chi connectivity index (χ3n) is 5.30. The zero-order chi connectivity index (χ0) is 27.9. The lowest BCUT2D eigenvalue weighted by molar-refractivity contribution is -0.140. The fourth-order valence-corrected chi connectivity index (χ4v) is 6.53. The van der Waals surface area contributed by atoms with Crippen molar-refractivity contribution in [3.05, 3.63) is 108 Å². The summed E-state index contributed by atoms with van der Waals surface area (Å²) in [5.74, 6) is 1.79. The molecule has 0 fully saturated rings. The van der Waals surface area contributed by atoms with Crippen LogP contribution in [0.15, 0.2) is 117 Å². The lowest BCUT2D eigenvalue weighted by Gasteiger charge is -2.14. The molecular formula is C28H25F3O5S2. The van der Waals surface area contributed by atoms with E-state index in [4.69, 9.17) is 9.47 Å². The minimum Gasteiger partial charge on any atom is -0.744 e. The Morgan fingerprint density at radius 1 is 0.711 bits per heavy atom. The highest BCUT2D eigenvalue weighted by Gasteiger charge is 2.35. The number of aryl methyl sites for hydroxylation is 1. The van der Waals surface area contributed by atoms with Gasteiger partial charge in [-0.2, -0.15) is 13.2 Å². The quantitative estimate of drug-likeness (QED) is 0.193. The van der Waals surface area contributed by atoms with Gasteiger partial charge in [0, 0.05) is 0 Å². The van der Waals surface area contributed by atoms with Gasteiger partial charge in [-0.05, 0) is 55.5 Å². The van der Waals surface area contributed by atoms with E-state index in [1.54, 1.807) is 14.2 Å². The van der Waals surface area contributed by atoms with Crippen LogP contribution in [0.2, 0.25) is 0 Å². The Bertz CT molecular complexity index is 1420. The highest BCUT2D eigenvalue weighted by molar-refractivity contribution is 7.97. The molecule has 4 aromatic carbocycles. The van der Waals surface area contributed by atoms with Crippen molar-refractivity contribution in [2.45, 2.75) is 32.7 Å². The maximum Gasteiger partial charge on any atom is 0.417 e. The molecule has 0 saturated heterocycles. The molecule has 0 bridgehead atoms. The summed E-state index contributed by atoms with van der Waals surface area (Å²) in [6.07, 6.45) is -4.84. The van der Waals surface area contributed by atoms with Crippen molar-refractivity contribution < 1.29 is 35.6 Å². The molecule has 5 nitrogen and oxygen atoms in total. The number of rotatable bonds is 6. The number of para-hydroxylation sites is 2. The largest absolute Gasteiger partial charge is 0.744 e. The van der Waals surface area contributed by atoms with Crippen LogP contribution in [0.3, 0.4) is 0 Å². The number of hydrogen-bond donors (Lipinski definition) is 0. The summed E-state index contributed by atoms with van der Waals surface area (Å²) in [4.78, 5) is 2.32. The predicted molar refractivity (Wildman–Crippen MR) is 139 cm³/mol. The summed E-state index contributed by atoms with van der Waals surface area (Å²) < 4.78 is 79.1. The molecule has 4 rings (SSSR count). The van der Waals surface area contributed by atoms with Crippen LogP contribution in [0, 0.1) is 6.92 Å². The van der Waals surface area contributed by atoms with E-state index in [9.17, 15) is 26.1 Å². The van der Waals surface area contributed by atoms with Crippen LogP contribution < -0.4 is 9.47 Å². The van der Waals surface area contributed by atoms with Crippen LogP contribution in [0.1, 0.15) is 11.1 Å². The van der Waals surface area contributed by atoms with Crippen LogP contribution in [0.5, 0.6) is 11.5 Å². The highest BCUT2D eigenvalue weighted by Crippen LogP contribution is 2.40. The average molecular weight is 563 g/mol. The van der Waals surface area contributed by atoms with Gasteiger partial charge in [0.05, 0.1) is 24.7 Å². The van der Waals surface area contributed by atoms with Gasteiger partial charge in [-0.15, -0.1) is 0 Å². The van der Waals surface area contributed by atoms with E-state index in [1.807, 2.05) is 24.3 Å². The van der Waals surface area contributed by atoms with Crippen molar-refractivity contribution in [3.8, 4) is 11.5 Å². The smallest absolute Gasteiger partial charge is 0.417 e. The van der Waals surface area contributed by atoms with Gasteiger partial charge in [0.2, 0.25) is 9.79 Å². The molecule has 0 aliphatic rings. The third-order valence-corrected chi connectivity index (χ3v) is 8.49. The van der Waals surface area contributed by atoms with Crippen molar-refractivity contribution in [1.29, 1.82) is 0 Å².